The number of rotatable bonds is 5. The average molecular weight is 304 g/mol. The van der Waals surface area contributed by atoms with Crippen molar-refractivity contribution in [2.24, 2.45) is 0 Å². The summed E-state index contributed by atoms with van der Waals surface area (Å²) in [6, 6.07) is 3.51. The van der Waals surface area contributed by atoms with Crippen molar-refractivity contribution >= 4 is 10.0 Å². The molecule has 0 aliphatic carbocycles. The molecule has 2 rings (SSSR count). The first-order chi connectivity index (χ1) is 9.53. The molecule has 0 bridgehead atoms. The van der Waals surface area contributed by atoms with Crippen LogP contribution in [0.2, 0.25) is 0 Å². The van der Waals surface area contributed by atoms with Gasteiger partial charge in [0.05, 0.1) is 24.7 Å². The maximum Gasteiger partial charge on any atom is 0.240 e. The Kier molecular flexibility index (Phi) is 4.92. The number of methoxy groups -OCH3 is 1. The minimum atomic E-state index is -3.76. The van der Waals surface area contributed by atoms with Gasteiger partial charge < -0.3 is 14.8 Å². The number of nitrogens with one attached hydrogen (secondary N) is 2. The van der Waals surface area contributed by atoms with Crippen LogP contribution in [0.4, 0.5) is 4.39 Å². The van der Waals surface area contributed by atoms with Gasteiger partial charge in [-0.25, -0.2) is 17.5 Å². The van der Waals surface area contributed by atoms with Crippen LogP contribution >= 0.6 is 0 Å². The van der Waals surface area contributed by atoms with E-state index in [0.717, 1.165) is 12.6 Å². The molecule has 1 saturated heterocycles. The Bertz CT molecular complexity index is 559. The van der Waals surface area contributed by atoms with Gasteiger partial charge in [0.1, 0.15) is 0 Å². The van der Waals surface area contributed by atoms with Crippen LogP contribution in [-0.2, 0) is 14.8 Å². The van der Waals surface area contributed by atoms with Gasteiger partial charge in [0.25, 0.3) is 0 Å². The van der Waals surface area contributed by atoms with Crippen molar-refractivity contribution in [1.82, 2.24) is 10.0 Å². The molecule has 0 spiro atoms. The average Bonchev–Trinajstić information content (AvgIpc) is 2.46. The fraction of sp³-hybridized carbons (Fsp3) is 0.500. The van der Waals surface area contributed by atoms with E-state index in [-0.39, 0.29) is 23.3 Å². The van der Waals surface area contributed by atoms with Gasteiger partial charge in [-0.1, -0.05) is 0 Å². The van der Waals surface area contributed by atoms with Gasteiger partial charge in [-0.3, -0.25) is 0 Å². The number of hydrogen-bond donors (Lipinski definition) is 2. The summed E-state index contributed by atoms with van der Waals surface area (Å²) >= 11 is 0. The zero-order valence-corrected chi connectivity index (χ0v) is 11.9. The molecule has 1 unspecified atom stereocenters. The second-order valence-electron chi connectivity index (χ2n) is 4.35. The molecule has 20 heavy (non-hydrogen) atoms. The minimum absolute atomic E-state index is 0.00349. The summed E-state index contributed by atoms with van der Waals surface area (Å²) in [5.74, 6) is -0.713. The van der Waals surface area contributed by atoms with Crippen LogP contribution in [-0.4, -0.2) is 47.9 Å². The fourth-order valence-electron chi connectivity index (χ4n) is 1.85. The van der Waals surface area contributed by atoms with E-state index < -0.39 is 15.8 Å². The molecule has 2 N–H and O–H groups in total. The van der Waals surface area contributed by atoms with Gasteiger partial charge >= 0.3 is 0 Å². The molecule has 1 fully saturated rings. The lowest BCUT2D eigenvalue weighted by molar-refractivity contribution is 0.0324. The third-order valence-electron chi connectivity index (χ3n) is 2.94. The van der Waals surface area contributed by atoms with Crippen LogP contribution in [0.5, 0.6) is 5.75 Å². The number of hydrogen-bond acceptors (Lipinski definition) is 5. The first-order valence-electron chi connectivity index (χ1n) is 6.18. The summed E-state index contributed by atoms with van der Waals surface area (Å²) in [6.07, 6.45) is -0.221. The highest BCUT2D eigenvalue weighted by Gasteiger charge is 2.20. The number of morpholine rings is 1. The van der Waals surface area contributed by atoms with E-state index in [4.69, 9.17) is 9.47 Å². The van der Waals surface area contributed by atoms with Crippen molar-refractivity contribution in [1.29, 1.82) is 0 Å². The minimum Gasteiger partial charge on any atom is -0.494 e. The topological polar surface area (TPSA) is 76.7 Å². The van der Waals surface area contributed by atoms with E-state index in [0.29, 0.717) is 13.2 Å². The molecule has 0 saturated carbocycles. The van der Waals surface area contributed by atoms with Gasteiger partial charge in [0.2, 0.25) is 10.0 Å². The molecule has 1 aromatic rings. The first-order valence-corrected chi connectivity index (χ1v) is 7.67. The van der Waals surface area contributed by atoms with Crippen molar-refractivity contribution in [2.75, 3.05) is 33.4 Å². The largest absolute Gasteiger partial charge is 0.494 e. The molecule has 1 aromatic carbocycles. The highest BCUT2D eigenvalue weighted by atomic mass is 32.2. The van der Waals surface area contributed by atoms with Crippen LogP contribution in [0.3, 0.4) is 0 Å². The number of halogens is 1. The smallest absolute Gasteiger partial charge is 0.240 e. The van der Waals surface area contributed by atoms with Gasteiger partial charge in [-0.2, -0.15) is 0 Å². The molecule has 1 atom stereocenters. The van der Waals surface area contributed by atoms with E-state index in [9.17, 15) is 12.8 Å². The molecule has 1 heterocycles. The van der Waals surface area contributed by atoms with Gasteiger partial charge in [0.15, 0.2) is 11.6 Å². The Labute approximate surface area is 117 Å². The van der Waals surface area contributed by atoms with E-state index >= 15 is 0 Å². The van der Waals surface area contributed by atoms with Gasteiger partial charge in [0, 0.05) is 19.6 Å². The summed E-state index contributed by atoms with van der Waals surface area (Å²) in [7, 11) is -2.44. The molecule has 1 aliphatic rings. The molecule has 0 amide bonds. The lowest BCUT2D eigenvalue weighted by Gasteiger charge is -2.23. The molecular weight excluding hydrogens is 287 g/mol. The van der Waals surface area contributed by atoms with Crippen molar-refractivity contribution in [3.05, 3.63) is 24.0 Å². The second kappa shape index (κ2) is 6.49. The Morgan fingerprint density at radius 1 is 1.55 bits per heavy atom. The van der Waals surface area contributed by atoms with E-state index in [1.54, 1.807) is 0 Å². The number of ether oxygens (including phenoxy) is 2. The number of sulfonamides is 1. The van der Waals surface area contributed by atoms with Crippen LogP contribution in [0, 0.1) is 5.82 Å². The predicted molar refractivity (Wildman–Crippen MR) is 70.8 cm³/mol. The van der Waals surface area contributed by atoms with E-state index in [2.05, 4.69) is 10.0 Å². The lowest BCUT2D eigenvalue weighted by atomic mass is 10.3. The molecule has 1 aliphatic heterocycles. The third-order valence-corrected chi connectivity index (χ3v) is 4.36. The van der Waals surface area contributed by atoms with E-state index in [1.165, 1.54) is 19.2 Å². The Balaban J connectivity index is 2.04. The highest BCUT2D eigenvalue weighted by Crippen LogP contribution is 2.20. The summed E-state index contributed by atoms with van der Waals surface area (Å²) in [4.78, 5) is -0.139. The summed E-state index contributed by atoms with van der Waals surface area (Å²) in [5.41, 5.74) is 0. The monoisotopic (exact) mass is 304 g/mol. The third kappa shape index (κ3) is 3.66. The molecule has 0 aromatic heterocycles. The van der Waals surface area contributed by atoms with Gasteiger partial charge in [-0.15, -0.1) is 0 Å². The van der Waals surface area contributed by atoms with Crippen molar-refractivity contribution in [3.8, 4) is 5.75 Å². The quantitative estimate of drug-likeness (QED) is 0.807. The van der Waals surface area contributed by atoms with Crippen LogP contribution in [0.15, 0.2) is 23.1 Å². The van der Waals surface area contributed by atoms with Crippen LogP contribution < -0.4 is 14.8 Å². The first kappa shape index (κ1) is 15.2. The van der Waals surface area contributed by atoms with Crippen molar-refractivity contribution in [3.63, 3.8) is 0 Å². The van der Waals surface area contributed by atoms with Crippen molar-refractivity contribution < 1.29 is 22.3 Å². The molecule has 8 heteroatoms. The molecule has 112 valence electrons. The summed E-state index contributed by atoms with van der Waals surface area (Å²) in [5, 5.41) is 3.10. The maximum atomic E-state index is 13.5. The molecular formula is C12H17FN2O4S. The van der Waals surface area contributed by atoms with E-state index in [1.807, 2.05) is 0 Å². The molecule has 0 radical (unpaired) electrons. The standard InChI is InChI=1S/C12H17FN2O4S/c1-18-12-3-2-10(6-11(12)13)20(16,17)15-8-9-7-14-4-5-19-9/h2-3,6,9,14-15H,4-5,7-8H2,1H3. The fourth-order valence-corrected chi connectivity index (χ4v) is 2.93. The maximum absolute atomic E-state index is 13.5. The SMILES string of the molecule is COc1ccc(S(=O)(=O)NCC2CNCCO2)cc1F. The van der Waals surface area contributed by atoms with Crippen LogP contribution in [0.1, 0.15) is 0 Å². The van der Waals surface area contributed by atoms with Crippen molar-refractivity contribution in [2.45, 2.75) is 11.0 Å². The molecule has 6 nitrogen and oxygen atoms in total. The zero-order chi connectivity index (χ0) is 14.6. The Hall–Kier alpha value is -1.22. The van der Waals surface area contributed by atoms with Gasteiger partial charge in [-0.05, 0) is 18.2 Å². The van der Waals surface area contributed by atoms with Crippen LogP contribution in [0.25, 0.3) is 0 Å². The summed E-state index contributed by atoms with van der Waals surface area (Å²) < 4.78 is 50.1. The summed E-state index contributed by atoms with van der Waals surface area (Å²) in [6.45, 7) is 2.03. The second-order valence-corrected chi connectivity index (χ2v) is 6.11. The Morgan fingerprint density at radius 2 is 2.35 bits per heavy atom. The number of benzene rings is 1. The Morgan fingerprint density at radius 3 is 2.95 bits per heavy atom. The predicted octanol–water partition coefficient (Wildman–Crippen LogP) is 0.101. The normalized spacial score (nSPS) is 19.8. The highest BCUT2D eigenvalue weighted by molar-refractivity contribution is 7.89. The zero-order valence-electron chi connectivity index (χ0n) is 11.1. The lowest BCUT2D eigenvalue weighted by Crippen LogP contribution is -2.45.